The van der Waals surface area contributed by atoms with Crippen LogP contribution >= 0.6 is 0 Å². The Bertz CT molecular complexity index is 499. The van der Waals surface area contributed by atoms with Crippen LogP contribution in [0.2, 0.25) is 0 Å². The van der Waals surface area contributed by atoms with Crippen LogP contribution in [0.25, 0.3) is 0 Å². The van der Waals surface area contributed by atoms with Gasteiger partial charge in [-0.1, -0.05) is 18.2 Å². The molecule has 4 rings (SSSR count). The van der Waals surface area contributed by atoms with Crippen molar-refractivity contribution in [3.05, 3.63) is 29.8 Å². The van der Waals surface area contributed by atoms with Crippen molar-refractivity contribution in [2.75, 3.05) is 11.4 Å². The van der Waals surface area contributed by atoms with Crippen LogP contribution in [0.3, 0.4) is 0 Å². The second kappa shape index (κ2) is 3.82. The second-order valence-corrected chi connectivity index (χ2v) is 5.76. The summed E-state index contributed by atoms with van der Waals surface area (Å²) in [5, 5.41) is 3.56. The zero-order valence-electron chi connectivity index (χ0n) is 10.4. The first kappa shape index (κ1) is 10.6. The summed E-state index contributed by atoms with van der Waals surface area (Å²) in [6, 6.07) is 9.36. The van der Waals surface area contributed by atoms with Gasteiger partial charge in [0.05, 0.1) is 5.92 Å². The van der Waals surface area contributed by atoms with E-state index >= 15 is 0 Å². The van der Waals surface area contributed by atoms with Gasteiger partial charge in [0.1, 0.15) is 0 Å². The molecule has 3 nitrogen and oxygen atoms in total. The van der Waals surface area contributed by atoms with Gasteiger partial charge in [-0.3, -0.25) is 4.79 Å². The topological polar surface area (TPSA) is 32.3 Å². The Kier molecular flexibility index (Phi) is 2.24. The van der Waals surface area contributed by atoms with E-state index in [1.54, 1.807) is 0 Å². The van der Waals surface area contributed by atoms with Crippen molar-refractivity contribution in [2.24, 2.45) is 5.92 Å². The largest absolute Gasteiger partial charge is 0.312 e. The van der Waals surface area contributed by atoms with E-state index in [9.17, 15) is 4.79 Å². The molecular formula is C15H18N2O. The van der Waals surface area contributed by atoms with Gasteiger partial charge in [-0.05, 0) is 37.3 Å². The van der Waals surface area contributed by atoms with Crippen LogP contribution in [0.15, 0.2) is 24.3 Å². The molecule has 2 saturated heterocycles. The Balaban J connectivity index is 1.60. The van der Waals surface area contributed by atoms with E-state index in [-0.39, 0.29) is 5.92 Å². The van der Waals surface area contributed by atoms with Crippen molar-refractivity contribution >= 4 is 11.6 Å². The summed E-state index contributed by atoms with van der Waals surface area (Å²) < 4.78 is 0. The quantitative estimate of drug-likeness (QED) is 0.813. The monoisotopic (exact) mass is 242 g/mol. The summed E-state index contributed by atoms with van der Waals surface area (Å²) in [7, 11) is 0. The summed E-state index contributed by atoms with van der Waals surface area (Å²) in [6.07, 6.45) is 4.49. The van der Waals surface area contributed by atoms with Gasteiger partial charge in [-0.2, -0.15) is 0 Å². The Hall–Kier alpha value is -1.35. The lowest BCUT2D eigenvalue weighted by Gasteiger charge is -2.25. The van der Waals surface area contributed by atoms with Crippen LogP contribution in [-0.2, 0) is 11.2 Å². The van der Waals surface area contributed by atoms with Gasteiger partial charge < -0.3 is 10.2 Å². The third kappa shape index (κ3) is 1.43. The van der Waals surface area contributed by atoms with Crippen LogP contribution in [0, 0.1) is 5.92 Å². The molecule has 18 heavy (non-hydrogen) atoms. The molecule has 1 aromatic carbocycles. The lowest BCUT2D eigenvalue weighted by Crippen LogP contribution is -2.40. The number of rotatable bonds is 1. The first-order valence-electron chi connectivity index (χ1n) is 6.98. The summed E-state index contributed by atoms with van der Waals surface area (Å²) in [5.74, 6) is 0.564. The number of nitrogens with zero attached hydrogens (tertiary/aromatic N) is 1. The Labute approximate surface area is 107 Å². The van der Waals surface area contributed by atoms with Crippen molar-refractivity contribution in [2.45, 2.75) is 37.8 Å². The highest BCUT2D eigenvalue weighted by atomic mass is 16.2. The number of nitrogens with one attached hydrogen (secondary N) is 1. The fourth-order valence-corrected chi connectivity index (χ4v) is 3.86. The van der Waals surface area contributed by atoms with Crippen molar-refractivity contribution in [3.8, 4) is 0 Å². The van der Waals surface area contributed by atoms with E-state index in [2.05, 4.69) is 23.5 Å². The maximum Gasteiger partial charge on any atom is 0.231 e. The molecule has 0 saturated carbocycles. The van der Waals surface area contributed by atoms with Gasteiger partial charge >= 0.3 is 0 Å². The van der Waals surface area contributed by atoms with Crippen LogP contribution < -0.4 is 10.2 Å². The second-order valence-electron chi connectivity index (χ2n) is 5.76. The number of hydrogen-bond donors (Lipinski definition) is 1. The average Bonchev–Trinajstić information content (AvgIpc) is 3.12. The normalized spacial score (nSPS) is 32.9. The van der Waals surface area contributed by atoms with E-state index in [1.165, 1.54) is 18.4 Å². The fraction of sp³-hybridized carbons (Fsp3) is 0.533. The molecule has 3 unspecified atom stereocenters. The average molecular weight is 242 g/mol. The van der Waals surface area contributed by atoms with Crippen LogP contribution in [0.4, 0.5) is 5.69 Å². The van der Waals surface area contributed by atoms with E-state index in [4.69, 9.17) is 0 Å². The molecule has 3 heterocycles. The number of amides is 1. The lowest BCUT2D eigenvalue weighted by molar-refractivity contribution is -0.122. The van der Waals surface area contributed by atoms with Crippen LogP contribution in [0.1, 0.15) is 24.8 Å². The summed E-state index contributed by atoms with van der Waals surface area (Å²) in [4.78, 5) is 14.7. The van der Waals surface area contributed by atoms with Crippen molar-refractivity contribution < 1.29 is 4.79 Å². The minimum absolute atomic E-state index is 0.218. The molecule has 1 aromatic rings. The molecule has 2 fully saturated rings. The fourth-order valence-electron chi connectivity index (χ4n) is 3.86. The van der Waals surface area contributed by atoms with E-state index in [0.29, 0.717) is 18.0 Å². The lowest BCUT2D eigenvalue weighted by atomic mass is 9.88. The molecule has 0 spiro atoms. The van der Waals surface area contributed by atoms with Gasteiger partial charge in [0.2, 0.25) is 5.91 Å². The highest BCUT2D eigenvalue weighted by molar-refractivity contribution is 5.97. The van der Waals surface area contributed by atoms with Crippen LogP contribution in [0.5, 0.6) is 0 Å². The number of carbonyl (C=O) groups excluding carboxylic acids is 1. The summed E-state index contributed by atoms with van der Waals surface area (Å²) in [5.41, 5.74) is 2.47. The molecule has 1 amide bonds. The molecule has 3 heteroatoms. The highest BCUT2D eigenvalue weighted by Gasteiger charge is 2.45. The first-order valence-corrected chi connectivity index (χ1v) is 6.98. The molecule has 3 aliphatic heterocycles. The summed E-state index contributed by atoms with van der Waals surface area (Å²) in [6.45, 7) is 0.867. The van der Waals surface area contributed by atoms with E-state index in [0.717, 1.165) is 25.1 Å². The Morgan fingerprint density at radius 3 is 2.94 bits per heavy atom. The maximum atomic E-state index is 12.7. The minimum Gasteiger partial charge on any atom is -0.312 e. The number of fused-ring (bicyclic) bond motifs is 3. The predicted octanol–water partition coefficient (Wildman–Crippen LogP) is 1.72. The van der Waals surface area contributed by atoms with Gasteiger partial charge in [-0.15, -0.1) is 0 Å². The minimum atomic E-state index is 0.218. The van der Waals surface area contributed by atoms with Gasteiger partial charge in [0.25, 0.3) is 0 Å². The van der Waals surface area contributed by atoms with E-state index < -0.39 is 0 Å². The molecule has 94 valence electrons. The predicted molar refractivity (Wildman–Crippen MR) is 70.6 cm³/mol. The van der Waals surface area contributed by atoms with Crippen molar-refractivity contribution in [3.63, 3.8) is 0 Å². The molecule has 0 aliphatic carbocycles. The zero-order chi connectivity index (χ0) is 12.1. The molecule has 2 bridgehead atoms. The highest BCUT2D eigenvalue weighted by Crippen LogP contribution is 2.37. The van der Waals surface area contributed by atoms with Crippen molar-refractivity contribution in [1.29, 1.82) is 0 Å². The van der Waals surface area contributed by atoms with Gasteiger partial charge in [-0.25, -0.2) is 0 Å². The SMILES string of the molecule is O=C(C1CC2CCC1N2)N1CCc2ccccc21. The Morgan fingerprint density at radius 1 is 1.28 bits per heavy atom. The standard InChI is InChI=1S/C15H18N2O/c18-15(12-9-11-5-6-13(12)16-11)17-8-7-10-3-1-2-4-14(10)17/h1-4,11-13,16H,5-9H2. The number of benzene rings is 1. The summed E-state index contributed by atoms with van der Waals surface area (Å²) >= 11 is 0. The Morgan fingerprint density at radius 2 is 2.17 bits per heavy atom. The molecule has 0 radical (unpaired) electrons. The number of hydrogen-bond acceptors (Lipinski definition) is 2. The smallest absolute Gasteiger partial charge is 0.231 e. The molecular weight excluding hydrogens is 224 g/mol. The van der Waals surface area contributed by atoms with Gasteiger partial charge in [0, 0.05) is 24.3 Å². The maximum absolute atomic E-state index is 12.7. The third-order valence-corrected chi connectivity index (χ3v) is 4.77. The van der Waals surface area contributed by atoms with Gasteiger partial charge in [0.15, 0.2) is 0 Å². The molecule has 0 aromatic heterocycles. The molecule has 3 aliphatic rings. The zero-order valence-corrected chi connectivity index (χ0v) is 10.4. The van der Waals surface area contributed by atoms with Crippen LogP contribution in [-0.4, -0.2) is 24.5 Å². The molecule has 3 atom stereocenters. The number of para-hydroxylation sites is 1. The first-order chi connectivity index (χ1) is 8.83. The number of anilines is 1. The third-order valence-electron chi connectivity index (χ3n) is 4.77. The molecule has 1 N–H and O–H groups in total. The van der Waals surface area contributed by atoms with E-state index in [1.807, 2.05) is 11.0 Å². The number of carbonyl (C=O) groups is 1. The van der Waals surface area contributed by atoms with Crippen molar-refractivity contribution in [1.82, 2.24) is 5.32 Å².